The van der Waals surface area contributed by atoms with Crippen LogP contribution in [0.3, 0.4) is 0 Å². The Morgan fingerprint density at radius 1 is 1.22 bits per heavy atom. The second-order valence-corrected chi connectivity index (χ2v) is 4.55. The molecular weight excluding hydrogens is 304 g/mol. The molecule has 7 heteroatoms. The summed E-state index contributed by atoms with van der Waals surface area (Å²) in [6.45, 7) is 0.00227. The number of ether oxygens (including phenoxy) is 1. The average molecular weight is 319 g/mol. The van der Waals surface area contributed by atoms with Crippen LogP contribution in [0.1, 0.15) is 5.56 Å². The summed E-state index contributed by atoms with van der Waals surface area (Å²) < 4.78 is 30.8. The molecule has 0 aliphatic carbocycles. The highest BCUT2D eigenvalue weighted by Gasteiger charge is 2.02. The smallest absolute Gasteiger partial charge is 0.259 e. The predicted molar refractivity (Wildman–Crippen MR) is 83.6 cm³/mol. The molecule has 23 heavy (non-hydrogen) atoms. The summed E-state index contributed by atoms with van der Waals surface area (Å²) in [5.74, 6) is -1.62. The quantitative estimate of drug-likeness (QED) is 0.635. The van der Waals surface area contributed by atoms with E-state index in [0.717, 1.165) is 17.8 Å². The highest BCUT2D eigenvalue weighted by atomic mass is 19.2. The van der Waals surface area contributed by atoms with Crippen molar-refractivity contribution in [3.63, 3.8) is 0 Å². The lowest BCUT2D eigenvalue weighted by Crippen LogP contribution is -2.25. The molecule has 2 rings (SSSR count). The predicted octanol–water partition coefficient (Wildman–Crippen LogP) is 2.54. The molecule has 0 spiro atoms. The van der Waals surface area contributed by atoms with Gasteiger partial charge in [0.25, 0.3) is 5.91 Å². The zero-order valence-electron chi connectivity index (χ0n) is 12.3. The molecule has 0 heterocycles. The molecular formula is C16H15F2N3O2. The van der Waals surface area contributed by atoms with Crippen LogP contribution in [-0.4, -0.2) is 25.8 Å². The number of halogens is 2. The minimum absolute atomic E-state index is 0.00227. The molecule has 0 aliphatic rings. The van der Waals surface area contributed by atoms with E-state index >= 15 is 0 Å². The fourth-order valence-corrected chi connectivity index (χ4v) is 1.73. The lowest BCUT2D eigenvalue weighted by Gasteiger charge is -2.06. The number of nitrogens with zero attached hydrogens (tertiary/aromatic N) is 1. The van der Waals surface area contributed by atoms with E-state index in [4.69, 9.17) is 4.74 Å². The maximum atomic E-state index is 13.0. The highest BCUT2D eigenvalue weighted by Crippen LogP contribution is 2.16. The fourth-order valence-electron chi connectivity index (χ4n) is 1.73. The number of anilines is 1. The van der Waals surface area contributed by atoms with Gasteiger partial charge in [-0.3, -0.25) is 4.79 Å². The summed E-state index contributed by atoms with van der Waals surface area (Å²) in [5, 5.41) is 6.59. The zero-order chi connectivity index (χ0) is 16.7. The van der Waals surface area contributed by atoms with Gasteiger partial charge < -0.3 is 10.1 Å². The first-order valence-electron chi connectivity index (χ1n) is 6.73. The minimum Gasteiger partial charge on any atom is -0.497 e. The Bertz CT molecular complexity index is 720. The first-order chi connectivity index (χ1) is 11.1. The summed E-state index contributed by atoms with van der Waals surface area (Å²) in [6.07, 6.45) is 1.23. The van der Waals surface area contributed by atoms with Gasteiger partial charge in [0.15, 0.2) is 11.6 Å². The van der Waals surface area contributed by atoms with Gasteiger partial charge in [-0.1, -0.05) is 12.1 Å². The maximum absolute atomic E-state index is 13.0. The molecule has 0 atom stereocenters. The number of rotatable bonds is 6. The maximum Gasteiger partial charge on any atom is 0.259 e. The fraction of sp³-hybridized carbons (Fsp3) is 0.125. The van der Waals surface area contributed by atoms with E-state index in [1.54, 1.807) is 31.4 Å². The lowest BCUT2D eigenvalue weighted by atomic mass is 10.2. The first-order valence-corrected chi connectivity index (χ1v) is 6.73. The van der Waals surface area contributed by atoms with Crippen molar-refractivity contribution in [2.75, 3.05) is 19.0 Å². The molecule has 0 saturated heterocycles. The number of hydrazone groups is 1. The van der Waals surface area contributed by atoms with Crippen LogP contribution in [0.5, 0.6) is 5.75 Å². The number of hydrogen-bond acceptors (Lipinski definition) is 4. The number of methoxy groups -OCH3 is 1. The molecule has 2 aromatic carbocycles. The Morgan fingerprint density at radius 3 is 2.78 bits per heavy atom. The van der Waals surface area contributed by atoms with E-state index in [-0.39, 0.29) is 12.5 Å². The van der Waals surface area contributed by atoms with E-state index in [0.29, 0.717) is 11.3 Å². The van der Waals surface area contributed by atoms with Gasteiger partial charge in [0, 0.05) is 11.8 Å². The Morgan fingerprint density at radius 2 is 2.04 bits per heavy atom. The molecule has 5 nitrogen and oxygen atoms in total. The number of nitrogens with one attached hydrogen (secondary N) is 2. The molecule has 2 aromatic rings. The molecule has 0 saturated carbocycles. The molecule has 2 N–H and O–H groups in total. The van der Waals surface area contributed by atoms with Gasteiger partial charge in [-0.25, -0.2) is 14.2 Å². The molecule has 1 amide bonds. The second kappa shape index (κ2) is 7.88. The van der Waals surface area contributed by atoms with Gasteiger partial charge in [-0.2, -0.15) is 5.10 Å². The van der Waals surface area contributed by atoms with Gasteiger partial charge in [0.2, 0.25) is 0 Å². The Kier molecular flexibility index (Phi) is 5.62. The van der Waals surface area contributed by atoms with Crippen LogP contribution in [0.25, 0.3) is 0 Å². The summed E-state index contributed by atoms with van der Waals surface area (Å²) in [6, 6.07) is 10.4. The van der Waals surface area contributed by atoms with Crippen LogP contribution in [0.4, 0.5) is 14.5 Å². The first kappa shape index (κ1) is 16.4. The van der Waals surface area contributed by atoms with Crippen molar-refractivity contribution in [2.45, 2.75) is 0 Å². The van der Waals surface area contributed by atoms with Crippen molar-refractivity contribution in [1.82, 2.24) is 5.43 Å². The van der Waals surface area contributed by atoms with Gasteiger partial charge in [-0.15, -0.1) is 0 Å². The van der Waals surface area contributed by atoms with Crippen molar-refractivity contribution >= 4 is 17.8 Å². The molecule has 0 aromatic heterocycles. The number of benzene rings is 2. The molecule has 0 aliphatic heterocycles. The number of carbonyl (C=O) groups excluding carboxylic acids is 1. The van der Waals surface area contributed by atoms with Crippen LogP contribution in [-0.2, 0) is 4.79 Å². The van der Waals surface area contributed by atoms with Gasteiger partial charge in [0.05, 0.1) is 19.9 Å². The Labute approximate surface area is 132 Å². The average Bonchev–Trinajstić information content (AvgIpc) is 2.56. The summed E-state index contributed by atoms with van der Waals surface area (Å²) >= 11 is 0. The molecule has 0 unspecified atom stereocenters. The van der Waals surface area contributed by atoms with Crippen LogP contribution in [0.2, 0.25) is 0 Å². The van der Waals surface area contributed by atoms with Crippen molar-refractivity contribution < 1.29 is 18.3 Å². The van der Waals surface area contributed by atoms with Gasteiger partial charge >= 0.3 is 0 Å². The zero-order valence-corrected chi connectivity index (χ0v) is 12.3. The molecule has 120 valence electrons. The largest absolute Gasteiger partial charge is 0.497 e. The SMILES string of the molecule is COc1cccc(NCC(=O)N/N=C\c2ccc(F)c(F)c2)c1. The topological polar surface area (TPSA) is 62.7 Å². The van der Waals surface area contributed by atoms with Crippen LogP contribution in [0, 0.1) is 11.6 Å². The highest BCUT2D eigenvalue weighted by molar-refractivity contribution is 5.84. The van der Waals surface area contributed by atoms with Crippen molar-refractivity contribution in [2.24, 2.45) is 5.10 Å². The van der Waals surface area contributed by atoms with E-state index in [1.807, 2.05) is 0 Å². The normalized spacial score (nSPS) is 10.6. The summed E-state index contributed by atoms with van der Waals surface area (Å²) in [7, 11) is 1.55. The third kappa shape index (κ3) is 5.06. The van der Waals surface area contributed by atoms with Crippen LogP contribution >= 0.6 is 0 Å². The number of carbonyl (C=O) groups is 1. The Balaban J connectivity index is 1.82. The molecule has 0 fully saturated rings. The van der Waals surface area contributed by atoms with Gasteiger partial charge in [0.1, 0.15) is 5.75 Å². The van der Waals surface area contributed by atoms with E-state index in [9.17, 15) is 13.6 Å². The number of amides is 1. The monoisotopic (exact) mass is 319 g/mol. The third-order valence-electron chi connectivity index (χ3n) is 2.87. The second-order valence-electron chi connectivity index (χ2n) is 4.55. The minimum atomic E-state index is -0.972. The van der Waals surface area contributed by atoms with E-state index < -0.39 is 11.6 Å². The van der Waals surface area contributed by atoms with E-state index in [2.05, 4.69) is 15.8 Å². The van der Waals surface area contributed by atoms with Crippen molar-refractivity contribution in [1.29, 1.82) is 0 Å². The standard InChI is InChI=1S/C16H15F2N3O2/c1-23-13-4-2-3-12(8-13)19-10-16(22)21-20-9-11-5-6-14(17)15(18)7-11/h2-9,19H,10H2,1H3,(H,21,22)/b20-9-. The van der Waals surface area contributed by atoms with Crippen molar-refractivity contribution in [3.8, 4) is 5.75 Å². The van der Waals surface area contributed by atoms with Crippen molar-refractivity contribution in [3.05, 3.63) is 59.7 Å². The molecule has 0 radical (unpaired) electrons. The molecule has 0 bridgehead atoms. The van der Waals surface area contributed by atoms with Gasteiger partial charge in [-0.05, 0) is 29.8 Å². The number of hydrogen-bond donors (Lipinski definition) is 2. The van der Waals surface area contributed by atoms with E-state index in [1.165, 1.54) is 12.3 Å². The summed E-state index contributed by atoms with van der Waals surface area (Å²) in [4.78, 5) is 11.6. The summed E-state index contributed by atoms with van der Waals surface area (Å²) in [5.41, 5.74) is 3.35. The van der Waals surface area contributed by atoms with Crippen LogP contribution in [0.15, 0.2) is 47.6 Å². The van der Waals surface area contributed by atoms with Crippen LogP contribution < -0.4 is 15.5 Å². The Hall–Kier alpha value is -2.96. The third-order valence-corrected chi connectivity index (χ3v) is 2.87. The lowest BCUT2D eigenvalue weighted by molar-refractivity contribution is -0.119.